The number of nitrogens with zero attached hydrogens (tertiary/aromatic N) is 2. The van der Waals surface area contributed by atoms with Gasteiger partial charge in [-0.05, 0) is 92.9 Å². The molecule has 1 atom stereocenters. The van der Waals surface area contributed by atoms with Crippen LogP contribution < -0.4 is 19.1 Å². The number of methoxy groups -OCH3 is 1. The number of hydrogen-bond acceptors (Lipinski definition) is 6. The molecule has 236 valence electrons. The summed E-state index contributed by atoms with van der Waals surface area (Å²) in [4.78, 5) is 29.1. The van der Waals surface area contributed by atoms with Gasteiger partial charge in [0.15, 0.2) is 0 Å². The summed E-state index contributed by atoms with van der Waals surface area (Å²) in [5.74, 6) is 0.471. The van der Waals surface area contributed by atoms with Crippen LogP contribution in [0, 0.1) is 0 Å². The molecule has 44 heavy (non-hydrogen) atoms. The molecule has 1 aliphatic carbocycles. The number of halogens is 1. The van der Waals surface area contributed by atoms with Gasteiger partial charge in [-0.15, -0.1) is 0 Å². The monoisotopic (exact) mass is 685 g/mol. The van der Waals surface area contributed by atoms with Crippen LogP contribution in [0.5, 0.6) is 11.5 Å². The van der Waals surface area contributed by atoms with E-state index in [1.807, 2.05) is 19.1 Å². The molecule has 4 rings (SSSR count). The molecule has 0 bridgehead atoms. The van der Waals surface area contributed by atoms with Crippen LogP contribution in [0.4, 0.5) is 5.69 Å². The third kappa shape index (κ3) is 8.53. The van der Waals surface area contributed by atoms with Crippen LogP contribution in [-0.4, -0.2) is 57.5 Å². The predicted octanol–water partition coefficient (Wildman–Crippen LogP) is 5.92. The van der Waals surface area contributed by atoms with Crippen molar-refractivity contribution in [3.8, 4) is 11.5 Å². The Kier molecular flexibility index (Phi) is 11.7. The topological polar surface area (TPSA) is 105 Å². The van der Waals surface area contributed by atoms with Crippen LogP contribution in [0.25, 0.3) is 0 Å². The van der Waals surface area contributed by atoms with E-state index in [2.05, 4.69) is 21.2 Å². The molecule has 0 saturated heterocycles. The maximum Gasteiger partial charge on any atom is 0.264 e. The van der Waals surface area contributed by atoms with Crippen molar-refractivity contribution in [2.75, 3.05) is 24.6 Å². The van der Waals surface area contributed by atoms with E-state index in [0.717, 1.165) is 46.4 Å². The van der Waals surface area contributed by atoms with Crippen LogP contribution >= 0.6 is 15.9 Å². The van der Waals surface area contributed by atoms with Crippen LogP contribution in [0.1, 0.15) is 51.5 Å². The van der Waals surface area contributed by atoms with Crippen LogP contribution in [0.2, 0.25) is 0 Å². The first-order valence-corrected chi connectivity index (χ1v) is 17.1. The second kappa shape index (κ2) is 15.4. The standard InChI is InChI=1S/C33H40BrN3O6S/c1-4-43-30-18-14-28(15-19-30)37(44(40,41)31-20-12-26(34)13-21-31)23-32(38)36(22-25-10-16-29(42-3)17-11-25)24(2)33(39)35-27-8-6-5-7-9-27/h10-21,24,27H,4-9,22-23H2,1-3H3,(H,35,39). The van der Waals surface area contributed by atoms with Gasteiger partial charge < -0.3 is 19.7 Å². The Balaban J connectivity index is 1.67. The molecule has 2 amide bonds. The Hall–Kier alpha value is -3.57. The quantitative estimate of drug-likeness (QED) is 0.240. The van der Waals surface area contributed by atoms with Gasteiger partial charge in [-0.3, -0.25) is 13.9 Å². The molecule has 1 aliphatic rings. The summed E-state index contributed by atoms with van der Waals surface area (Å²) in [6.07, 6.45) is 5.07. The summed E-state index contributed by atoms with van der Waals surface area (Å²) in [6, 6.07) is 19.3. The molecule has 0 spiro atoms. The Morgan fingerprint density at radius 2 is 1.55 bits per heavy atom. The molecule has 9 nitrogen and oxygen atoms in total. The van der Waals surface area contributed by atoms with Gasteiger partial charge in [0.05, 0.1) is 24.3 Å². The summed E-state index contributed by atoms with van der Waals surface area (Å²) >= 11 is 3.35. The summed E-state index contributed by atoms with van der Waals surface area (Å²) < 4.78 is 40.7. The van der Waals surface area contributed by atoms with Crippen molar-refractivity contribution >= 4 is 43.5 Å². The number of anilines is 1. The van der Waals surface area contributed by atoms with Crippen LogP contribution in [0.15, 0.2) is 82.2 Å². The lowest BCUT2D eigenvalue weighted by molar-refractivity contribution is -0.139. The highest BCUT2D eigenvalue weighted by Gasteiger charge is 2.33. The van der Waals surface area contributed by atoms with Gasteiger partial charge in [-0.25, -0.2) is 8.42 Å². The first-order chi connectivity index (χ1) is 21.1. The van der Waals surface area contributed by atoms with Crippen molar-refractivity contribution in [1.29, 1.82) is 0 Å². The molecule has 0 aliphatic heterocycles. The lowest BCUT2D eigenvalue weighted by Crippen LogP contribution is -2.53. The van der Waals surface area contributed by atoms with E-state index in [1.54, 1.807) is 62.6 Å². The first-order valence-electron chi connectivity index (χ1n) is 14.9. The number of sulfonamides is 1. The lowest BCUT2D eigenvalue weighted by Gasteiger charge is -2.33. The van der Waals surface area contributed by atoms with Crippen LogP contribution in [-0.2, 0) is 26.2 Å². The molecule has 1 fully saturated rings. The van der Waals surface area contributed by atoms with Crippen LogP contribution in [0.3, 0.4) is 0 Å². The van der Waals surface area contributed by atoms with E-state index in [4.69, 9.17) is 9.47 Å². The van der Waals surface area contributed by atoms with Crippen molar-refractivity contribution in [1.82, 2.24) is 10.2 Å². The Morgan fingerprint density at radius 1 is 0.932 bits per heavy atom. The van der Waals surface area contributed by atoms with Gasteiger partial charge in [0, 0.05) is 17.1 Å². The van der Waals surface area contributed by atoms with Gasteiger partial charge in [0.1, 0.15) is 24.1 Å². The maximum atomic E-state index is 14.2. The Bertz CT molecular complexity index is 1490. The number of nitrogens with one attached hydrogen (secondary N) is 1. The zero-order chi connectivity index (χ0) is 31.7. The molecule has 1 saturated carbocycles. The average molecular weight is 687 g/mol. The number of benzene rings is 3. The van der Waals surface area contributed by atoms with Crippen molar-refractivity contribution < 1.29 is 27.5 Å². The molecule has 0 radical (unpaired) electrons. The number of carbonyl (C=O) groups is 2. The number of carbonyl (C=O) groups excluding carboxylic acids is 2. The molecule has 0 aromatic heterocycles. The molecule has 0 heterocycles. The minimum Gasteiger partial charge on any atom is -0.497 e. The average Bonchev–Trinajstić information content (AvgIpc) is 3.03. The Morgan fingerprint density at radius 3 is 2.14 bits per heavy atom. The molecule has 1 unspecified atom stereocenters. The summed E-state index contributed by atoms with van der Waals surface area (Å²) in [7, 11) is -2.59. The van der Waals surface area contributed by atoms with Gasteiger partial charge in [0.25, 0.3) is 10.0 Å². The zero-order valence-electron chi connectivity index (χ0n) is 25.4. The fourth-order valence-corrected chi connectivity index (χ4v) is 6.90. The minimum absolute atomic E-state index is 0.0344. The number of ether oxygens (including phenoxy) is 2. The SMILES string of the molecule is CCOc1ccc(N(CC(=O)N(Cc2ccc(OC)cc2)C(C)C(=O)NC2CCCCC2)S(=O)(=O)c2ccc(Br)cc2)cc1. The molecule has 1 N–H and O–H groups in total. The molecule has 3 aromatic rings. The van der Waals surface area contributed by atoms with Crippen molar-refractivity contribution in [2.45, 2.75) is 69.5 Å². The summed E-state index contributed by atoms with van der Waals surface area (Å²) in [5.41, 5.74) is 1.08. The highest BCUT2D eigenvalue weighted by molar-refractivity contribution is 9.10. The van der Waals surface area contributed by atoms with E-state index in [0.29, 0.717) is 23.8 Å². The van der Waals surface area contributed by atoms with E-state index in [-0.39, 0.29) is 23.4 Å². The van der Waals surface area contributed by atoms with Gasteiger partial charge >= 0.3 is 0 Å². The fourth-order valence-electron chi connectivity index (χ4n) is 5.22. The highest BCUT2D eigenvalue weighted by atomic mass is 79.9. The Labute approximate surface area is 268 Å². The summed E-state index contributed by atoms with van der Waals surface area (Å²) in [6.45, 7) is 3.60. The normalized spacial score (nSPS) is 14.4. The molecular formula is C33H40BrN3O6S. The number of hydrogen-bond donors (Lipinski definition) is 1. The van der Waals surface area contributed by atoms with E-state index in [1.165, 1.54) is 17.0 Å². The first kappa shape index (κ1) is 33.3. The molecule has 11 heteroatoms. The maximum absolute atomic E-state index is 14.2. The van der Waals surface area contributed by atoms with Crippen molar-refractivity contribution in [3.05, 3.63) is 82.8 Å². The molecule has 3 aromatic carbocycles. The summed E-state index contributed by atoms with van der Waals surface area (Å²) in [5, 5.41) is 3.12. The predicted molar refractivity (Wildman–Crippen MR) is 174 cm³/mol. The van der Waals surface area contributed by atoms with Gasteiger partial charge in [-0.1, -0.05) is 47.3 Å². The van der Waals surface area contributed by atoms with Gasteiger partial charge in [0.2, 0.25) is 11.8 Å². The zero-order valence-corrected chi connectivity index (χ0v) is 27.8. The second-order valence-corrected chi connectivity index (χ2v) is 13.6. The van der Waals surface area contributed by atoms with E-state index < -0.39 is 28.5 Å². The van der Waals surface area contributed by atoms with E-state index in [9.17, 15) is 18.0 Å². The number of rotatable bonds is 13. The highest BCUT2D eigenvalue weighted by Crippen LogP contribution is 2.28. The van der Waals surface area contributed by atoms with Gasteiger partial charge in [-0.2, -0.15) is 0 Å². The van der Waals surface area contributed by atoms with Crippen molar-refractivity contribution in [3.63, 3.8) is 0 Å². The van der Waals surface area contributed by atoms with E-state index >= 15 is 0 Å². The van der Waals surface area contributed by atoms with Crippen molar-refractivity contribution in [2.24, 2.45) is 0 Å². The molecular weight excluding hydrogens is 646 g/mol. The lowest BCUT2D eigenvalue weighted by atomic mass is 9.95. The largest absolute Gasteiger partial charge is 0.497 e. The smallest absolute Gasteiger partial charge is 0.264 e. The fraction of sp³-hybridized carbons (Fsp3) is 0.394. The third-order valence-electron chi connectivity index (χ3n) is 7.75. The third-order valence-corrected chi connectivity index (χ3v) is 10.1. The number of amides is 2. The minimum atomic E-state index is -4.17. The second-order valence-electron chi connectivity index (χ2n) is 10.8.